The van der Waals surface area contributed by atoms with Crippen LogP contribution in [-0.2, 0) is 12.8 Å². The Balaban J connectivity index is 1.90. The molecule has 1 aliphatic carbocycles. The maximum Gasteiger partial charge on any atom is 0.165 e. The number of halogens is 1. The average molecular weight is 292 g/mol. The van der Waals surface area contributed by atoms with Crippen molar-refractivity contribution in [3.8, 4) is 5.75 Å². The number of aliphatic hydroxyl groups excluding tert-OH is 1. The summed E-state index contributed by atoms with van der Waals surface area (Å²) in [6, 6.07) is 6.70. The highest BCUT2D eigenvalue weighted by atomic mass is 32.1. The summed E-state index contributed by atoms with van der Waals surface area (Å²) in [7, 11) is 1.43. The molecule has 0 spiro atoms. The van der Waals surface area contributed by atoms with Crippen LogP contribution in [0.5, 0.6) is 5.75 Å². The Morgan fingerprint density at radius 1 is 1.25 bits per heavy atom. The van der Waals surface area contributed by atoms with Crippen LogP contribution in [0.1, 0.15) is 39.8 Å². The third-order valence-electron chi connectivity index (χ3n) is 3.78. The molecule has 1 aromatic heterocycles. The molecule has 2 aromatic rings. The summed E-state index contributed by atoms with van der Waals surface area (Å²) >= 11 is 1.65. The van der Waals surface area contributed by atoms with Gasteiger partial charge in [0, 0.05) is 9.75 Å². The molecule has 0 fully saturated rings. The van der Waals surface area contributed by atoms with Crippen molar-refractivity contribution in [2.45, 2.75) is 31.8 Å². The summed E-state index contributed by atoms with van der Waals surface area (Å²) in [5.74, 6) is -0.239. The largest absolute Gasteiger partial charge is 0.494 e. The fourth-order valence-electron chi connectivity index (χ4n) is 2.67. The topological polar surface area (TPSA) is 29.5 Å². The molecule has 0 saturated heterocycles. The fourth-order valence-corrected chi connectivity index (χ4v) is 3.94. The van der Waals surface area contributed by atoms with Gasteiger partial charge in [-0.3, -0.25) is 0 Å². The van der Waals surface area contributed by atoms with Crippen molar-refractivity contribution in [3.63, 3.8) is 0 Å². The number of methoxy groups -OCH3 is 1. The maximum absolute atomic E-state index is 13.7. The molecule has 0 saturated carbocycles. The maximum atomic E-state index is 13.7. The number of hydrogen-bond donors (Lipinski definition) is 1. The molecule has 2 nitrogen and oxygen atoms in total. The highest BCUT2D eigenvalue weighted by Crippen LogP contribution is 2.36. The first-order chi connectivity index (χ1) is 9.69. The van der Waals surface area contributed by atoms with E-state index in [0.717, 1.165) is 17.7 Å². The van der Waals surface area contributed by atoms with Crippen LogP contribution >= 0.6 is 11.3 Å². The second-order valence-corrected chi connectivity index (χ2v) is 6.27. The van der Waals surface area contributed by atoms with E-state index >= 15 is 0 Å². The van der Waals surface area contributed by atoms with Gasteiger partial charge in [0.15, 0.2) is 11.6 Å². The Bertz CT molecular complexity index is 597. The first kappa shape index (κ1) is 13.6. The second kappa shape index (κ2) is 5.54. The number of benzene rings is 1. The van der Waals surface area contributed by atoms with Crippen LogP contribution in [0.25, 0.3) is 0 Å². The molecule has 1 aromatic carbocycles. The minimum atomic E-state index is -0.758. The van der Waals surface area contributed by atoms with Crippen molar-refractivity contribution in [2.24, 2.45) is 0 Å². The van der Waals surface area contributed by atoms with E-state index in [-0.39, 0.29) is 5.75 Å². The van der Waals surface area contributed by atoms with Gasteiger partial charge in [-0.15, -0.1) is 11.3 Å². The third-order valence-corrected chi connectivity index (χ3v) is 5.07. The zero-order valence-electron chi connectivity index (χ0n) is 11.4. The molecule has 1 aliphatic rings. The van der Waals surface area contributed by atoms with E-state index in [4.69, 9.17) is 4.74 Å². The van der Waals surface area contributed by atoms with Crippen LogP contribution in [0.4, 0.5) is 4.39 Å². The van der Waals surface area contributed by atoms with Gasteiger partial charge in [0.1, 0.15) is 6.10 Å². The zero-order chi connectivity index (χ0) is 14.1. The summed E-state index contributed by atoms with van der Waals surface area (Å²) in [4.78, 5) is 2.28. The first-order valence-corrected chi connectivity index (χ1v) is 7.63. The van der Waals surface area contributed by atoms with Crippen LogP contribution in [0.15, 0.2) is 24.3 Å². The number of aryl methyl sites for hydroxylation is 2. The van der Waals surface area contributed by atoms with Gasteiger partial charge in [0.05, 0.1) is 7.11 Å². The molecule has 1 N–H and O–H groups in total. The van der Waals surface area contributed by atoms with E-state index in [1.807, 2.05) is 0 Å². The average Bonchev–Trinajstić information content (AvgIpc) is 2.90. The molecule has 3 rings (SSSR count). The van der Waals surface area contributed by atoms with Crippen molar-refractivity contribution >= 4 is 11.3 Å². The highest BCUT2D eigenvalue weighted by molar-refractivity contribution is 7.12. The molecular weight excluding hydrogens is 275 g/mol. The van der Waals surface area contributed by atoms with Gasteiger partial charge in [-0.1, -0.05) is 6.07 Å². The number of aliphatic hydroxyl groups is 1. The van der Waals surface area contributed by atoms with E-state index in [9.17, 15) is 9.50 Å². The van der Waals surface area contributed by atoms with Crippen LogP contribution in [0, 0.1) is 5.82 Å². The molecular formula is C16H17FO2S. The van der Waals surface area contributed by atoms with Crippen LogP contribution < -0.4 is 4.74 Å². The van der Waals surface area contributed by atoms with Gasteiger partial charge in [0.2, 0.25) is 0 Å². The number of rotatable bonds is 3. The SMILES string of the molecule is COc1ccc(C(O)c2cc3c(s2)CCCC3)cc1F. The van der Waals surface area contributed by atoms with E-state index < -0.39 is 11.9 Å². The lowest BCUT2D eigenvalue weighted by Gasteiger charge is -2.10. The van der Waals surface area contributed by atoms with Crippen molar-refractivity contribution < 1.29 is 14.2 Å². The van der Waals surface area contributed by atoms with Crippen LogP contribution in [-0.4, -0.2) is 12.2 Å². The number of ether oxygens (including phenoxy) is 1. The predicted molar refractivity (Wildman–Crippen MR) is 78.0 cm³/mol. The minimum Gasteiger partial charge on any atom is -0.494 e. The Hall–Kier alpha value is -1.39. The molecule has 0 bridgehead atoms. The van der Waals surface area contributed by atoms with Gasteiger partial charge in [-0.05, 0) is 55.0 Å². The Morgan fingerprint density at radius 2 is 2.05 bits per heavy atom. The van der Waals surface area contributed by atoms with E-state index in [1.165, 1.54) is 36.5 Å². The Morgan fingerprint density at radius 3 is 2.75 bits per heavy atom. The summed E-state index contributed by atoms with van der Waals surface area (Å²) < 4.78 is 18.6. The van der Waals surface area contributed by atoms with E-state index in [1.54, 1.807) is 23.5 Å². The zero-order valence-corrected chi connectivity index (χ0v) is 12.2. The van der Waals surface area contributed by atoms with Gasteiger partial charge in [-0.2, -0.15) is 0 Å². The standard InChI is InChI=1S/C16H17FO2S/c1-19-13-7-6-11(8-12(13)17)16(18)15-9-10-4-2-3-5-14(10)20-15/h6-9,16,18H,2-5H2,1H3. The van der Waals surface area contributed by atoms with Gasteiger partial charge < -0.3 is 9.84 Å². The molecule has 1 heterocycles. The van der Waals surface area contributed by atoms with Crippen molar-refractivity contribution in [1.29, 1.82) is 0 Å². The molecule has 106 valence electrons. The molecule has 20 heavy (non-hydrogen) atoms. The molecule has 1 unspecified atom stereocenters. The molecule has 0 radical (unpaired) electrons. The third kappa shape index (κ3) is 2.45. The van der Waals surface area contributed by atoms with Gasteiger partial charge in [0.25, 0.3) is 0 Å². The monoisotopic (exact) mass is 292 g/mol. The summed E-state index contributed by atoms with van der Waals surface area (Å²) in [6.45, 7) is 0. The molecule has 4 heteroatoms. The first-order valence-electron chi connectivity index (χ1n) is 6.82. The van der Waals surface area contributed by atoms with E-state index in [0.29, 0.717) is 5.56 Å². The van der Waals surface area contributed by atoms with Crippen molar-refractivity contribution in [1.82, 2.24) is 0 Å². The predicted octanol–water partition coefficient (Wildman–Crippen LogP) is 3.86. The minimum absolute atomic E-state index is 0.200. The lowest BCUT2D eigenvalue weighted by atomic mass is 9.98. The summed E-state index contributed by atoms with van der Waals surface area (Å²) in [6.07, 6.45) is 3.88. The molecule has 1 atom stereocenters. The van der Waals surface area contributed by atoms with E-state index in [2.05, 4.69) is 6.07 Å². The number of fused-ring (bicyclic) bond motifs is 1. The van der Waals surface area contributed by atoms with Gasteiger partial charge in [-0.25, -0.2) is 4.39 Å². The van der Waals surface area contributed by atoms with Crippen LogP contribution in [0.3, 0.4) is 0 Å². The Kier molecular flexibility index (Phi) is 3.76. The van der Waals surface area contributed by atoms with Gasteiger partial charge >= 0.3 is 0 Å². The fraction of sp³-hybridized carbons (Fsp3) is 0.375. The summed E-state index contributed by atoms with van der Waals surface area (Å²) in [5.41, 5.74) is 1.92. The van der Waals surface area contributed by atoms with Crippen molar-refractivity contribution in [2.75, 3.05) is 7.11 Å². The number of thiophene rings is 1. The van der Waals surface area contributed by atoms with Crippen molar-refractivity contribution in [3.05, 3.63) is 51.0 Å². The van der Waals surface area contributed by atoms with Crippen LogP contribution in [0.2, 0.25) is 0 Å². The summed E-state index contributed by atoms with van der Waals surface area (Å²) in [5, 5.41) is 10.4. The molecule has 0 aliphatic heterocycles. The molecule has 0 amide bonds. The highest BCUT2D eigenvalue weighted by Gasteiger charge is 2.19. The lowest BCUT2D eigenvalue weighted by Crippen LogP contribution is -1.99. The number of hydrogen-bond acceptors (Lipinski definition) is 3. The quantitative estimate of drug-likeness (QED) is 0.931. The lowest BCUT2D eigenvalue weighted by molar-refractivity contribution is 0.223. The Labute approximate surface area is 121 Å². The second-order valence-electron chi connectivity index (χ2n) is 5.10. The normalized spacial score (nSPS) is 15.8. The smallest absolute Gasteiger partial charge is 0.165 e.